The summed E-state index contributed by atoms with van der Waals surface area (Å²) < 4.78 is 5.30. The lowest BCUT2D eigenvalue weighted by molar-refractivity contribution is -0.122. The summed E-state index contributed by atoms with van der Waals surface area (Å²) in [6, 6.07) is -0.452. The molecule has 0 rings (SSSR count). The van der Waals surface area contributed by atoms with Crippen molar-refractivity contribution in [2.45, 2.75) is 45.1 Å². The summed E-state index contributed by atoms with van der Waals surface area (Å²) in [7, 11) is 0. The molecule has 0 aliphatic heterocycles. The van der Waals surface area contributed by atoms with Gasteiger partial charge in [-0.25, -0.2) is 0 Å². The molecule has 23 heavy (non-hydrogen) atoms. The largest absolute Gasteiger partial charge is 0.380 e. The molecule has 0 fully saturated rings. The monoisotopic (exact) mass is 331 g/mol. The third-order valence-electron chi connectivity index (χ3n) is 3.38. The average molecular weight is 332 g/mol. The first-order valence-corrected chi connectivity index (χ1v) is 8.94. The molecule has 0 spiro atoms. The number of amides is 1. The zero-order valence-electron chi connectivity index (χ0n) is 14.7. The van der Waals surface area contributed by atoms with Crippen LogP contribution in [0.2, 0.25) is 0 Å². The summed E-state index contributed by atoms with van der Waals surface area (Å²) in [4.78, 5) is 11.7. The summed E-state index contributed by atoms with van der Waals surface area (Å²) >= 11 is 0. The predicted octanol–water partition coefficient (Wildman–Crippen LogP) is -0.445. The summed E-state index contributed by atoms with van der Waals surface area (Å²) in [5, 5.41) is 9.47. The van der Waals surface area contributed by atoms with Crippen LogP contribution in [0, 0.1) is 0 Å². The Morgan fingerprint density at radius 2 is 1.65 bits per heavy atom. The maximum absolute atomic E-state index is 11.7. The van der Waals surface area contributed by atoms with Crippen molar-refractivity contribution in [3.8, 4) is 0 Å². The van der Waals surface area contributed by atoms with Crippen LogP contribution in [0.4, 0.5) is 0 Å². The van der Waals surface area contributed by atoms with Crippen molar-refractivity contribution in [3.05, 3.63) is 0 Å². The Morgan fingerprint density at radius 3 is 2.30 bits per heavy atom. The van der Waals surface area contributed by atoms with Crippen molar-refractivity contribution >= 4 is 5.91 Å². The molecule has 1 unspecified atom stereocenters. The van der Waals surface area contributed by atoms with E-state index in [4.69, 9.17) is 16.2 Å². The number of unbranched alkanes of at least 4 members (excludes halogenated alkanes) is 1. The maximum atomic E-state index is 11.7. The zero-order valence-corrected chi connectivity index (χ0v) is 14.7. The molecule has 138 valence electrons. The molecule has 1 amide bonds. The third-order valence-corrected chi connectivity index (χ3v) is 3.38. The lowest BCUT2D eigenvalue weighted by Gasteiger charge is -2.13. The molecule has 0 aromatic carbocycles. The first-order chi connectivity index (χ1) is 11.2. The fourth-order valence-electron chi connectivity index (χ4n) is 1.99. The lowest BCUT2D eigenvalue weighted by atomic mass is 10.2. The molecule has 1 atom stereocenters. The third kappa shape index (κ3) is 15.9. The zero-order chi connectivity index (χ0) is 17.2. The van der Waals surface area contributed by atoms with Gasteiger partial charge in [0.1, 0.15) is 0 Å². The second-order valence-corrected chi connectivity index (χ2v) is 5.65. The van der Waals surface area contributed by atoms with Gasteiger partial charge in [-0.15, -0.1) is 0 Å². The van der Waals surface area contributed by atoms with E-state index in [1.165, 1.54) is 0 Å². The van der Waals surface area contributed by atoms with Gasteiger partial charge in [0, 0.05) is 13.2 Å². The second-order valence-electron chi connectivity index (χ2n) is 5.65. The van der Waals surface area contributed by atoms with E-state index < -0.39 is 6.04 Å². The van der Waals surface area contributed by atoms with Crippen LogP contribution >= 0.6 is 0 Å². The van der Waals surface area contributed by atoms with E-state index in [1.807, 2.05) is 0 Å². The summed E-state index contributed by atoms with van der Waals surface area (Å²) in [5.74, 6) is -0.101. The minimum Gasteiger partial charge on any atom is -0.380 e. The van der Waals surface area contributed by atoms with Crippen molar-refractivity contribution in [3.63, 3.8) is 0 Å². The molecule has 0 radical (unpaired) electrons. The van der Waals surface area contributed by atoms with Crippen LogP contribution in [0.25, 0.3) is 0 Å². The number of hydrogen-bond donors (Lipinski definition) is 5. The van der Waals surface area contributed by atoms with Gasteiger partial charge in [-0.1, -0.05) is 6.92 Å². The summed E-state index contributed by atoms with van der Waals surface area (Å²) in [6.07, 6.45) is 4.93. The highest BCUT2D eigenvalue weighted by Crippen LogP contribution is 1.89. The van der Waals surface area contributed by atoms with Crippen molar-refractivity contribution < 1.29 is 9.53 Å². The summed E-state index contributed by atoms with van der Waals surface area (Å²) in [6.45, 7) is 8.35. The van der Waals surface area contributed by atoms with E-state index >= 15 is 0 Å². The molecule has 0 heterocycles. The number of rotatable bonds is 17. The minimum atomic E-state index is -0.452. The molecule has 0 saturated carbocycles. The minimum absolute atomic E-state index is 0.101. The molecule has 0 aliphatic rings. The van der Waals surface area contributed by atoms with Gasteiger partial charge in [0.05, 0.1) is 12.6 Å². The molecule has 7 heteroatoms. The summed E-state index contributed by atoms with van der Waals surface area (Å²) in [5.41, 5.74) is 11.3. The Labute approximate surface area is 141 Å². The fraction of sp³-hybridized carbons (Fsp3) is 0.938. The second kappa shape index (κ2) is 17.6. The first kappa shape index (κ1) is 22.3. The number of carbonyl (C=O) groups is 1. The van der Waals surface area contributed by atoms with Crippen LogP contribution < -0.4 is 27.4 Å². The van der Waals surface area contributed by atoms with Crippen LogP contribution in [0.1, 0.15) is 39.0 Å². The highest BCUT2D eigenvalue weighted by Gasteiger charge is 2.11. The number of nitrogens with two attached hydrogens (primary N) is 2. The van der Waals surface area contributed by atoms with E-state index in [9.17, 15) is 4.79 Å². The van der Waals surface area contributed by atoms with E-state index in [1.54, 1.807) is 0 Å². The van der Waals surface area contributed by atoms with Crippen LogP contribution in [-0.2, 0) is 9.53 Å². The Morgan fingerprint density at radius 1 is 1.00 bits per heavy atom. The number of nitrogens with one attached hydrogen (secondary N) is 3. The molecule has 0 aromatic heterocycles. The van der Waals surface area contributed by atoms with Gasteiger partial charge >= 0.3 is 0 Å². The van der Waals surface area contributed by atoms with Gasteiger partial charge in [-0.3, -0.25) is 4.79 Å². The standard InChI is InChI=1S/C16H37N5O2/c1-2-13-23-14-12-21-16(22)15(18)6-11-20-9-4-3-8-19-10-5-7-17/h15,19-20H,2-14,17-18H2,1H3,(H,21,22). The Bertz CT molecular complexity index is 267. The Hall–Kier alpha value is -0.730. The molecule has 7 N–H and O–H groups in total. The van der Waals surface area contributed by atoms with Gasteiger partial charge in [0.2, 0.25) is 5.91 Å². The lowest BCUT2D eigenvalue weighted by Crippen LogP contribution is -2.43. The molecule has 0 saturated heterocycles. The SMILES string of the molecule is CCCOCCNC(=O)C(N)CCNCCCCNCCCN. The topological polar surface area (TPSA) is 114 Å². The normalized spacial score (nSPS) is 12.3. The van der Waals surface area contributed by atoms with Gasteiger partial charge in [0.25, 0.3) is 0 Å². The van der Waals surface area contributed by atoms with Gasteiger partial charge in [-0.05, 0) is 64.8 Å². The number of hydrogen-bond acceptors (Lipinski definition) is 6. The van der Waals surface area contributed by atoms with Crippen LogP contribution in [0.5, 0.6) is 0 Å². The Kier molecular flexibility index (Phi) is 17.1. The van der Waals surface area contributed by atoms with Gasteiger partial charge in [-0.2, -0.15) is 0 Å². The molecular formula is C16H37N5O2. The maximum Gasteiger partial charge on any atom is 0.237 e. The van der Waals surface area contributed by atoms with Crippen molar-refractivity contribution in [2.75, 3.05) is 52.5 Å². The van der Waals surface area contributed by atoms with Crippen LogP contribution in [0.15, 0.2) is 0 Å². The van der Waals surface area contributed by atoms with Gasteiger partial charge < -0.3 is 32.2 Å². The van der Waals surface area contributed by atoms with Crippen LogP contribution in [-0.4, -0.2) is 64.4 Å². The molecule has 7 nitrogen and oxygen atoms in total. The fourth-order valence-corrected chi connectivity index (χ4v) is 1.99. The molecule has 0 bridgehead atoms. The molecular weight excluding hydrogens is 294 g/mol. The van der Waals surface area contributed by atoms with E-state index in [2.05, 4.69) is 22.9 Å². The van der Waals surface area contributed by atoms with E-state index in [0.717, 1.165) is 65.0 Å². The van der Waals surface area contributed by atoms with Crippen molar-refractivity contribution in [1.82, 2.24) is 16.0 Å². The molecule has 0 aromatic rings. The smallest absolute Gasteiger partial charge is 0.237 e. The predicted molar refractivity (Wildman–Crippen MR) is 95.4 cm³/mol. The van der Waals surface area contributed by atoms with E-state index in [-0.39, 0.29) is 5.91 Å². The van der Waals surface area contributed by atoms with Gasteiger partial charge in [0.15, 0.2) is 0 Å². The van der Waals surface area contributed by atoms with Crippen LogP contribution in [0.3, 0.4) is 0 Å². The van der Waals surface area contributed by atoms with Crippen molar-refractivity contribution in [1.29, 1.82) is 0 Å². The van der Waals surface area contributed by atoms with Crippen molar-refractivity contribution in [2.24, 2.45) is 11.5 Å². The highest BCUT2D eigenvalue weighted by molar-refractivity contribution is 5.81. The number of ether oxygens (including phenoxy) is 1. The number of carbonyl (C=O) groups excluding carboxylic acids is 1. The molecule has 0 aliphatic carbocycles. The first-order valence-electron chi connectivity index (χ1n) is 8.94. The quantitative estimate of drug-likeness (QED) is 0.231. The average Bonchev–Trinajstić information content (AvgIpc) is 2.56. The van der Waals surface area contributed by atoms with E-state index in [0.29, 0.717) is 19.6 Å². The Balaban J connectivity index is 3.31. The highest BCUT2D eigenvalue weighted by atomic mass is 16.5.